The lowest BCUT2D eigenvalue weighted by Crippen LogP contribution is -2.07. The quantitative estimate of drug-likeness (QED) is 0.661. The summed E-state index contributed by atoms with van der Waals surface area (Å²) in [5, 5.41) is 14.0. The fourth-order valence-corrected chi connectivity index (χ4v) is 3.00. The maximum atomic E-state index is 11.6. The lowest BCUT2D eigenvalue weighted by molar-refractivity contribution is -0.387. The highest BCUT2D eigenvalue weighted by Crippen LogP contribution is 2.37. The number of hydrogen-bond acceptors (Lipinski definition) is 5. The third kappa shape index (κ3) is 3.04. The number of nitrogens with zero attached hydrogens (tertiary/aromatic N) is 1. The minimum absolute atomic E-state index is 0.240. The number of benzene rings is 1. The van der Waals surface area contributed by atoms with Crippen molar-refractivity contribution in [3.8, 4) is 0 Å². The predicted molar refractivity (Wildman–Crippen MR) is 72.0 cm³/mol. The Bertz CT molecular complexity index is 612. The minimum atomic E-state index is -3.62. The molecule has 19 heavy (non-hydrogen) atoms. The van der Waals surface area contributed by atoms with Crippen LogP contribution < -0.4 is 5.32 Å². The molecule has 1 aromatic carbocycles. The number of hydrogen-bond donors (Lipinski definition) is 1. The summed E-state index contributed by atoms with van der Waals surface area (Å²) < 4.78 is 23.2. The van der Waals surface area contributed by atoms with Gasteiger partial charge in [-0.1, -0.05) is 13.3 Å². The molecule has 2 rings (SSSR count). The van der Waals surface area contributed by atoms with Crippen molar-refractivity contribution in [1.29, 1.82) is 0 Å². The van der Waals surface area contributed by atoms with Crippen LogP contribution in [0.4, 0.5) is 11.4 Å². The van der Waals surface area contributed by atoms with Crippen molar-refractivity contribution >= 4 is 21.2 Å². The molecule has 0 amide bonds. The molecule has 1 aliphatic rings. The van der Waals surface area contributed by atoms with Crippen LogP contribution in [0.15, 0.2) is 23.1 Å². The van der Waals surface area contributed by atoms with Gasteiger partial charge < -0.3 is 5.32 Å². The zero-order chi connectivity index (χ0) is 14.2. The van der Waals surface area contributed by atoms with Crippen molar-refractivity contribution in [1.82, 2.24) is 0 Å². The molecule has 0 saturated heterocycles. The lowest BCUT2D eigenvalue weighted by Gasteiger charge is -2.07. The lowest BCUT2D eigenvalue weighted by atomic mass is 10.2. The van der Waals surface area contributed by atoms with E-state index in [1.54, 1.807) is 6.07 Å². The van der Waals surface area contributed by atoms with Crippen LogP contribution in [-0.2, 0) is 9.84 Å². The average Bonchev–Trinajstić information content (AvgIpc) is 3.06. The Balaban J connectivity index is 2.31. The first-order valence-corrected chi connectivity index (χ1v) is 7.97. The first kappa shape index (κ1) is 13.8. The van der Waals surface area contributed by atoms with Gasteiger partial charge in [-0.3, -0.25) is 10.1 Å². The molecule has 1 N–H and O–H groups in total. The van der Waals surface area contributed by atoms with Crippen LogP contribution in [0.5, 0.6) is 0 Å². The molecule has 1 fully saturated rings. The normalized spacial score (nSPS) is 22.0. The number of nitro groups is 1. The van der Waals surface area contributed by atoms with E-state index in [1.807, 2.05) is 0 Å². The monoisotopic (exact) mass is 284 g/mol. The van der Waals surface area contributed by atoms with Crippen molar-refractivity contribution < 1.29 is 13.3 Å². The zero-order valence-corrected chi connectivity index (χ0v) is 11.6. The van der Waals surface area contributed by atoms with Crippen molar-refractivity contribution in [3.05, 3.63) is 28.3 Å². The van der Waals surface area contributed by atoms with Gasteiger partial charge in [-0.2, -0.15) is 0 Å². The minimum Gasteiger partial charge on any atom is -0.382 e. The summed E-state index contributed by atoms with van der Waals surface area (Å²) in [6, 6.07) is 4.48. The molecule has 0 heterocycles. The zero-order valence-electron chi connectivity index (χ0n) is 10.8. The summed E-state index contributed by atoms with van der Waals surface area (Å²) in [7, 11) is -3.62. The number of rotatable bonds is 5. The topological polar surface area (TPSA) is 89.3 Å². The molecule has 7 heteroatoms. The maximum absolute atomic E-state index is 11.6. The van der Waals surface area contributed by atoms with E-state index in [-0.39, 0.29) is 10.6 Å². The molecule has 0 aromatic heterocycles. The third-order valence-electron chi connectivity index (χ3n) is 3.36. The van der Waals surface area contributed by atoms with Gasteiger partial charge >= 0.3 is 0 Å². The molecule has 6 nitrogen and oxygen atoms in total. The Morgan fingerprint density at radius 1 is 1.47 bits per heavy atom. The van der Waals surface area contributed by atoms with Crippen molar-refractivity contribution in [2.24, 2.45) is 5.92 Å². The molecule has 0 aliphatic heterocycles. The van der Waals surface area contributed by atoms with Crippen molar-refractivity contribution in [2.75, 3.05) is 11.6 Å². The van der Waals surface area contributed by atoms with E-state index in [0.717, 1.165) is 19.1 Å². The molecule has 2 atom stereocenters. The van der Waals surface area contributed by atoms with E-state index in [4.69, 9.17) is 0 Å². The van der Waals surface area contributed by atoms with Gasteiger partial charge in [-0.15, -0.1) is 0 Å². The van der Waals surface area contributed by atoms with Crippen LogP contribution in [0.3, 0.4) is 0 Å². The van der Waals surface area contributed by atoms with E-state index < -0.39 is 14.8 Å². The first-order valence-electron chi connectivity index (χ1n) is 6.08. The SMILES string of the molecule is CCC1CC1Nc1ccc([N+](=O)[O-])c(S(C)(=O)=O)c1. The van der Waals surface area contributed by atoms with Gasteiger partial charge in [0.15, 0.2) is 9.84 Å². The van der Waals surface area contributed by atoms with E-state index >= 15 is 0 Å². The number of sulfone groups is 1. The Morgan fingerprint density at radius 3 is 2.63 bits per heavy atom. The summed E-state index contributed by atoms with van der Waals surface area (Å²) in [6.07, 6.45) is 3.11. The van der Waals surface area contributed by atoms with Gasteiger partial charge in [0, 0.05) is 24.1 Å². The molecule has 1 saturated carbocycles. The molecule has 0 bridgehead atoms. The Labute approximate surface area is 111 Å². The Kier molecular flexibility index (Phi) is 3.49. The average molecular weight is 284 g/mol. The van der Waals surface area contributed by atoms with E-state index in [2.05, 4.69) is 12.2 Å². The van der Waals surface area contributed by atoms with Crippen LogP contribution in [0.25, 0.3) is 0 Å². The van der Waals surface area contributed by atoms with E-state index in [9.17, 15) is 18.5 Å². The molecular weight excluding hydrogens is 268 g/mol. The smallest absolute Gasteiger partial charge is 0.288 e. The molecule has 104 valence electrons. The van der Waals surface area contributed by atoms with Crippen LogP contribution in [0.2, 0.25) is 0 Å². The summed E-state index contributed by atoms with van der Waals surface area (Å²) >= 11 is 0. The number of anilines is 1. The third-order valence-corrected chi connectivity index (χ3v) is 4.48. The van der Waals surface area contributed by atoms with Gasteiger partial charge in [0.2, 0.25) is 0 Å². The van der Waals surface area contributed by atoms with E-state index in [0.29, 0.717) is 17.6 Å². The van der Waals surface area contributed by atoms with Crippen LogP contribution in [0, 0.1) is 16.0 Å². The highest BCUT2D eigenvalue weighted by molar-refractivity contribution is 7.90. The second-order valence-corrected chi connectivity index (χ2v) is 6.85. The summed E-state index contributed by atoms with van der Waals surface area (Å²) in [6.45, 7) is 2.10. The van der Waals surface area contributed by atoms with Crippen LogP contribution >= 0.6 is 0 Å². The fourth-order valence-electron chi connectivity index (χ4n) is 2.14. The number of nitro benzene ring substituents is 1. The standard InChI is InChI=1S/C12H16N2O4S/c1-3-8-6-10(8)13-9-4-5-11(14(15)16)12(7-9)19(2,17)18/h4-5,7-8,10,13H,3,6H2,1-2H3. The second kappa shape index (κ2) is 4.80. The number of nitrogens with one attached hydrogen (secondary N) is 1. The first-order chi connectivity index (χ1) is 8.82. The van der Waals surface area contributed by atoms with Gasteiger partial charge in [0.1, 0.15) is 4.90 Å². The summed E-state index contributed by atoms with van der Waals surface area (Å²) in [5.74, 6) is 0.608. The van der Waals surface area contributed by atoms with Crippen LogP contribution in [0.1, 0.15) is 19.8 Å². The molecule has 1 aliphatic carbocycles. The van der Waals surface area contributed by atoms with Crippen molar-refractivity contribution in [3.63, 3.8) is 0 Å². The van der Waals surface area contributed by atoms with Gasteiger partial charge in [0.25, 0.3) is 5.69 Å². The largest absolute Gasteiger partial charge is 0.382 e. The second-order valence-electron chi connectivity index (χ2n) is 4.87. The molecule has 0 spiro atoms. The van der Waals surface area contributed by atoms with Gasteiger partial charge in [0.05, 0.1) is 4.92 Å². The summed E-state index contributed by atoms with van der Waals surface area (Å²) in [5.41, 5.74) is 0.239. The van der Waals surface area contributed by atoms with E-state index in [1.165, 1.54) is 12.1 Å². The Morgan fingerprint density at radius 2 is 2.16 bits per heavy atom. The van der Waals surface area contributed by atoms with Gasteiger partial charge in [-0.05, 0) is 24.5 Å². The molecule has 2 unspecified atom stereocenters. The highest BCUT2D eigenvalue weighted by atomic mass is 32.2. The maximum Gasteiger partial charge on any atom is 0.288 e. The highest BCUT2D eigenvalue weighted by Gasteiger charge is 2.35. The fraction of sp³-hybridized carbons (Fsp3) is 0.500. The van der Waals surface area contributed by atoms with Crippen molar-refractivity contribution in [2.45, 2.75) is 30.7 Å². The van der Waals surface area contributed by atoms with Crippen LogP contribution in [-0.4, -0.2) is 25.6 Å². The summed E-state index contributed by atoms with van der Waals surface area (Å²) in [4.78, 5) is 9.92. The molecule has 0 radical (unpaired) electrons. The van der Waals surface area contributed by atoms with Gasteiger partial charge in [-0.25, -0.2) is 8.42 Å². The Hall–Kier alpha value is -1.63. The molecule has 1 aromatic rings. The molecular formula is C12H16N2O4S. The predicted octanol–water partition coefficient (Wildman–Crippen LogP) is 2.21.